The zero-order valence-corrected chi connectivity index (χ0v) is 18.1. The van der Waals surface area contributed by atoms with Gasteiger partial charge in [-0.05, 0) is 42.0 Å². The summed E-state index contributed by atoms with van der Waals surface area (Å²) in [4.78, 5) is 17.1. The summed E-state index contributed by atoms with van der Waals surface area (Å²) in [5.74, 6) is 1.20. The van der Waals surface area contributed by atoms with Crippen LogP contribution in [-0.4, -0.2) is 34.9 Å². The first-order valence-corrected chi connectivity index (χ1v) is 10.6. The van der Waals surface area contributed by atoms with Crippen molar-refractivity contribution in [2.75, 3.05) is 19.5 Å². The molecular formula is C23H22N4O3S. The fourth-order valence-corrected chi connectivity index (χ4v) is 4.00. The van der Waals surface area contributed by atoms with Crippen LogP contribution < -0.4 is 14.8 Å². The molecule has 0 fully saturated rings. The number of amides is 1. The number of carbonyl (C=O) groups excluding carboxylic acids is 1. The summed E-state index contributed by atoms with van der Waals surface area (Å²) >= 11 is 1.49. The van der Waals surface area contributed by atoms with Gasteiger partial charge in [0.2, 0.25) is 5.91 Å². The van der Waals surface area contributed by atoms with Crippen LogP contribution >= 0.6 is 11.3 Å². The van der Waals surface area contributed by atoms with E-state index in [1.54, 1.807) is 20.4 Å². The molecule has 2 aromatic heterocycles. The Morgan fingerprint density at radius 2 is 1.97 bits per heavy atom. The molecule has 0 aliphatic heterocycles. The van der Waals surface area contributed by atoms with Crippen molar-refractivity contribution in [3.8, 4) is 22.1 Å². The van der Waals surface area contributed by atoms with E-state index in [0.29, 0.717) is 18.0 Å². The van der Waals surface area contributed by atoms with E-state index in [9.17, 15) is 4.79 Å². The number of ether oxygens (including phenoxy) is 2. The molecule has 8 heteroatoms. The minimum atomic E-state index is -0.111. The predicted octanol–water partition coefficient (Wildman–Crippen LogP) is 4.25. The molecule has 2 aromatic carbocycles. The van der Waals surface area contributed by atoms with E-state index in [2.05, 4.69) is 15.4 Å². The molecule has 4 aromatic rings. The standard InChI is InChI=1S/C23H22N4O3S/c1-29-20-8-7-17(12-21(20)30-2)23-26-19(15-31-23)13-22(28)25-18-6-3-5-16(11-18)14-27-10-4-9-24-27/h3-12,15H,13-14H2,1-2H3,(H,25,28). The lowest BCUT2D eigenvalue weighted by Crippen LogP contribution is -2.14. The van der Waals surface area contributed by atoms with Crippen molar-refractivity contribution in [1.82, 2.24) is 14.8 Å². The highest BCUT2D eigenvalue weighted by molar-refractivity contribution is 7.13. The summed E-state index contributed by atoms with van der Waals surface area (Å²) in [7, 11) is 3.20. The van der Waals surface area contributed by atoms with Crippen LogP contribution in [0.1, 0.15) is 11.3 Å². The van der Waals surface area contributed by atoms with Gasteiger partial charge in [-0.1, -0.05) is 12.1 Å². The molecule has 158 valence electrons. The fourth-order valence-electron chi connectivity index (χ4n) is 3.19. The Labute approximate surface area is 184 Å². The Kier molecular flexibility index (Phi) is 6.28. The first-order valence-electron chi connectivity index (χ1n) is 9.67. The van der Waals surface area contributed by atoms with Gasteiger partial charge in [0.1, 0.15) is 5.01 Å². The maximum atomic E-state index is 12.5. The van der Waals surface area contributed by atoms with Crippen LogP contribution in [0.4, 0.5) is 5.69 Å². The lowest BCUT2D eigenvalue weighted by atomic mass is 10.2. The van der Waals surface area contributed by atoms with Gasteiger partial charge in [-0.3, -0.25) is 9.48 Å². The maximum Gasteiger partial charge on any atom is 0.230 e. The highest BCUT2D eigenvalue weighted by Crippen LogP contribution is 2.33. The second-order valence-corrected chi connectivity index (χ2v) is 7.70. The molecule has 0 saturated carbocycles. The normalized spacial score (nSPS) is 10.6. The van der Waals surface area contributed by atoms with Crippen molar-refractivity contribution in [2.24, 2.45) is 0 Å². The average Bonchev–Trinajstić information content (AvgIpc) is 3.45. The molecule has 0 bridgehead atoms. The summed E-state index contributed by atoms with van der Waals surface area (Å²) in [6.07, 6.45) is 3.85. The van der Waals surface area contributed by atoms with E-state index in [-0.39, 0.29) is 12.3 Å². The SMILES string of the molecule is COc1ccc(-c2nc(CC(=O)Nc3cccc(Cn4cccn4)c3)cs2)cc1OC. The second-order valence-electron chi connectivity index (χ2n) is 6.84. The number of carbonyl (C=O) groups is 1. The van der Waals surface area contributed by atoms with Crippen LogP contribution in [0.3, 0.4) is 0 Å². The van der Waals surface area contributed by atoms with Crippen molar-refractivity contribution in [3.63, 3.8) is 0 Å². The molecular weight excluding hydrogens is 412 g/mol. The number of benzene rings is 2. The van der Waals surface area contributed by atoms with Crippen LogP contribution in [-0.2, 0) is 17.8 Å². The largest absolute Gasteiger partial charge is 0.493 e. The Morgan fingerprint density at radius 1 is 1.10 bits per heavy atom. The predicted molar refractivity (Wildman–Crippen MR) is 121 cm³/mol. The van der Waals surface area contributed by atoms with Crippen molar-refractivity contribution in [2.45, 2.75) is 13.0 Å². The van der Waals surface area contributed by atoms with Gasteiger partial charge in [0.15, 0.2) is 11.5 Å². The molecule has 0 unspecified atom stereocenters. The fraction of sp³-hybridized carbons (Fsp3) is 0.174. The third kappa shape index (κ3) is 5.10. The summed E-state index contributed by atoms with van der Waals surface area (Å²) in [5, 5.41) is 9.89. The molecule has 31 heavy (non-hydrogen) atoms. The Morgan fingerprint density at radius 3 is 2.74 bits per heavy atom. The highest BCUT2D eigenvalue weighted by atomic mass is 32.1. The van der Waals surface area contributed by atoms with Crippen LogP contribution in [0.2, 0.25) is 0 Å². The summed E-state index contributed by atoms with van der Waals surface area (Å²) < 4.78 is 12.5. The molecule has 0 spiro atoms. The van der Waals surface area contributed by atoms with Crippen LogP contribution in [0.25, 0.3) is 10.6 Å². The Hall–Kier alpha value is -3.65. The zero-order chi connectivity index (χ0) is 21.6. The molecule has 0 saturated heterocycles. The lowest BCUT2D eigenvalue weighted by Gasteiger charge is -2.08. The van der Waals surface area contributed by atoms with Crippen molar-refractivity contribution in [3.05, 3.63) is 77.6 Å². The first kappa shape index (κ1) is 20.6. The van der Waals surface area contributed by atoms with Crippen LogP contribution in [0, 0.1) is 0 Å². The number of anilines is 1. The molecule has 2 heterocycles. The lowest BCUT2D eigenvalue weighted by molar-refractivity contribution is -0.115. The molecule has 1 N–H and O–H groups in total. The average molecular weight is 435 g/mol. The molecule has 0 radical (unpaired) electrons. The van der Waals surface area contributed by atoms with Crippen molar-refractivity contribution >= 4 is 22.9 Å². The summed E-state index contributed by atoms with van der Waals surface area (Å²) in [6, 6.07) is 15.3. The van der Waals surface area contributed by atoms with Crippen molar-refractivity contribution in [1.29, 1.82) is 0 Å². The van der Waals surface area contributed by atoms with E-state index in [1.165, 1.54) is 11.3 Å². The minimum Gasteiger partial charge on any atom is -0.493 e. The van der Waals surface area contributed by atoms with E-state index in [0.717, 1.165) is 27.5 Å². The number of thiazole rings is 1. The number of aromatic nitrogens is 3. The van der Waals surface area contributed by atoms with Gasteiger partial charge in [-0.2, -0.15) is 5.10 Å². The van der Waals surface area contributed by atoms with Crippen LogP contribution in [0.5, 0.6) is 11.5 Å². The monoisotopic (exact) mass is 434 g/mol. The molecule has 0 aliphatic carbocycles. The van der Waals surface area contributed by atoms with Gasteiger partial charge >= 0.3 is 0 Å². The number of hydrogen-bond acceptors (Lipinski definition) is 6. The molecule has 4 rings (SSSR count). The summed E-state index contributed by atoms with van der Waals surface area (Å²) in [5.41, 5.74) is 3.46. The summed E-state index contributed by atoms with van der Waals surface area (Å²) in [6.45, 7) is 0.650. The second kappa shape index (κ2) is 9.44. The highest BCUT2D eigenvalue weighted by Gasteiger charge is 2.12. The van der Waals surface area contributed by atoms with Gasteiger partial charge in [-0.15, -0.1) is 11.3 Å². The number of hydrogen-bond donors (Lipinski definition) is 1. The smallest absolute Gasteiger partial charge is 0.230 e. The number of methoxy groups -OCH3 is 2. The third-order valence-electron chi connectivity index (χ3n) is 4.64. The van der Waals surface area contributed by atoms with E-state index < -0.39 is 0 Å². The quantitative estimate of drug-likeness (QED) is 0.448. The van der Waals surface area contributed by atoms with Gasteiger partial charge in [0, 0.05) is 29.0 Å². The Balaban J connectivity index is 1.40. The molecule has 1 amide bonds. The number of nitrogens with zero attached hydrogens (tertiary/aromatic N) is 3. The van der Waals surface area contributed by atoms with Gasteiger partial charge in [0.25, 0.3) is 0 Å². The Bertz CT molecular complexity index is 1170. The third-order valence-corrected chi connectivity index (χ3v) is 5.58. The number of rotatable bonds is 8. The van der Waals surface area contributed by atoms with Crippen molar-refractivity contribution < 1.29 is 14.3 Å². The molecule has 7 nitrogen and oxygen atoms in total. The number of nitrogens with one attached hydrogen (secondary N) is 1. The zero-order valence-electron chi connectivity index (χ0n) is 17.2. The maximum absolute atomic E-state index is 12.5. The van der Waals surface area contributed by atoms with Crippen LogP contribution in [0.15, 0.2) is 66.3 Å². The minimum absolute atomic E-state index is 0.111. The molecule has 0 aliphatic rings. The van der Waals surface area contributed by atoms with Gasteiger partial charge in [-0.25, -0.2) is 4.98 Å². The van der Waals surface area contributed by atoms with E-state index >= 15 is 0 Å². The first-order chi connectivity index (χ1) is 15.1. The van der Waals surface area contributed by atoms with Gasteiger partial charge < -0.3 is 14.8 Å². The topological polar surface area (TPSA) is 78.3 Å². The van der Waals surface area contributed by atoms with E-state index in [4.69, 9.17) is 9.47 Å². The van der Waals surface area contributed by atoms with Gasteiger partial charge in [0.05, 0.1) is 32.9 Å². The molecule has 0 atom stereocenters. The van der Waals surface area contributed by atoms with E-state index in [1.807, 2.05) is 64.8 Å².